The molecule has 2 aromatic rings. The molecule has 1 aromatic carbocycles. The highest BCUT2D eigenvalue weighted by Gasteiger charge is 2.19. The smallest absolute Gasteiger partial charge is 0.181 e. The molecule has 0 saturated carbocycles. The van der Waals surface area contributed by atoms with Crippen LogP contribution in [0.5, 0.6) is 5.75 Å². The molecule has 0 radical (unpaired) electrons. The van der Waals surface area contributed by atoms with Crippen LogP contribution in [0.25, 0.3) is 0 Å². The van der Waals surface area contributed by atoms with Crippen molar-refractivity contribution in [3.05, 3.63) is 35.0 Å². The number of aryl methyl sites for hydroxylation is 1. The zero-order chi connectivity index (χ0) is 24.5. The first kappa shape index (κ1) is 25.6. The molecule has 32 heavy (non-hydrogen) atoms. The summed E-state index contributed by atoms with van der Waals surface area (Å²) >= 11 is 0. The second kappa shape index (κ2) is 9.08. The van der Waals surface area contributed by atoms with Gasteiger partial charge in [-0.15, -0.1) is 10.2 Å². The number of rotatable bonds is 8. The number of phosphoric ester groups is 1. The van der Waals surface area contributed by atoms with Crippen LogP contribution < -0.4 is 9.79 Å². The van der Waals surface area contributed by atoms with E-state index in [1.807, 2.05) is 0 Å². The summed E-state index contributed by atoms with van der Waals surface area (Å²) in [6.07, 6.45) is 0.0731. The van der Waals surface area contributed by atoms with Gasteiger partial charge in [0, 0.05) is 5.56 Å². The van der Waals surface area contributed by atoms with E-state index in [1.54, 1.807) is 0 Å². The quantitative estimate of drug-likeness (QED) is 0.204. The summed E-state index contributed by atoms with van der Waals surface area (Å²) in [5, 5.41) is 16.8. The van der Waals surface area contributed by atoms with E-state index in [2.05, 4.69) is 19.7 Å². The Labute approximate surface area is 180 Å². The van der Waals surface area contributed by atoms with Gasteiger partial charge < -0.3 is 33.1 Å². The molecule has 0 aliphatic heterocycles. The fraction of sp³-hybridized carbons (Fsp3) is 0.143. The van der Waals surface area contributed by atoms with Crippen molar-refractivity contribution in [1.82, 2.24) is 4.98 Å². The molecule has 15 nitrogen and oxygen atoms in total. The molecule has 1 N–H and O–H groups in total. The number of pyridine rings is 1. The lowest BCUT2D eigenvalue weighted by molar-refractivity contribution is -0.342. The summed E-state index contributed by atoms with van der Waals surface area (Å²) in [4.78, 5) is 34.3. The van der Waals surface area contributed by atoms with E-state index >= 15 is 0 Å². The number of aromatic nitrogens is 1. The summed E-state index contributed by atoms with van der Waals surface area (Å²) < 4.78 is 82.4. The first-order valence-corrected chi connectivity index (χ1v) is 12.1. The van der Waals surface area contributed by atoms with Crippen molar-refractivity contribution >= 4 is 45.9 Å². The molecule has 1 aromatic heterocycles. The molecule has 0 aliphatic rings. The van der Waals surface area contributed by atoms with E-state index < -0.39 is 72.8 Å². The van der Waals surface area contributed by atoms with Crippen LogP contribution in [0.3, 0.4) is 0 Å². The molecule has 0 bridgehead atoms. The molecular weight excluding hydrogens is 497 g/mol. The van der Waals surface area contributed by atoms with Crippen LogP contribution in [0.2, 0.25) is 0 Å². The molecule has 0 fully saturated rings. The van der Waals surface area contributed by atoms with E-state index in [1.165, 1.54) is 6.92 Å². The highest BCUT2D eigenvalue weighted by molar-refractivity contribution is 7.86. The Morgan fingerprint density at radius 2 is 1.78 bits per heavy atom. The standard InChI is InChI=1S/C14H14N3O12PS2/c1-7-13(19)9(5-18)10(6-29-30(20,21)22)14(15-7)17-16-11-3-2-8(31(23,24)25)4-12(11)32(26,27)28/h2-5,19H,6H2,1H3,(H2,20,21,22)(H,23,24,25)(H,26,27,28)/p-4. The predicted octanol–water partition coefficient (Wildman–Crippen LogP) is -0.523. The van der Waals surface area contributed by atoms with Crippen LogP contribution in [-0.2, 0) is 35.9 Å². The van der Waals surface area contributed by atoms with Crippen molar-refractivity contribution < 1.29 is 54.7 Å². The number of phosphoric acid groups is 1. The van der Waals surface area contributed by atoms with Crippen molar-refractivity contribution in [2.24, 2.45) is 10.2 Å². The first-order chi connectivity index (χ1) is 14.5. The summed E-state index contributed by atoms with van der Waals surface area (Å²) in [5.74, 6) is -1.30. The van der Waals surface area contributed by atoms with Crippen molar-refractivity contribution in [2.45, 2.75) is 23.3 Å². The second-order valence-corrected chi connectivity index (χ2v) is 9.72. The van der Waals surface area contributed by atoms with Gasteiger partial charge in [-0.2, -0.15) is 0 Å². The van der Waals surface area contributed by atoms with Crippen LogP contribution in [0.1, 0.15) is 21.6 Å². The van der Waals surface area contributed by atoms with Crippen molar-refractivity contribution in [1.29, 1.82) is 0 Å². The highest BCUT2D eigenvalue weighted by atomic mass is 32.2. The Morgan fingerprint density at radius 3 is 2.28 bits per heavy atom. The number of nitrogens with zero attached hydrogens (tertiary/aromatic N) is 3. The highest BCUT2D eigenvalue weighted by Crippen LogP contribution is 2.36. The van der Waals surface area contributed by atoms with Crippen molar-refractivity contribution in [3.63, 3.8) is 0 Å². The summed E-state index contributed by atoms with van der Waals surface area (Å²) in [6.45, 7) is 0.104. The number of carbonyl (C=O) groups is 1. The predicted molar refractivity (Wildman–Crippen MR) is 95.0 cm³/mol. The second-order valence-electron chi connectivity index (χ2n) is 5.84. The van der Waals surface area contributed by atoms with Gasteiger partial charge in [-0.1, -0.05) is 0 Å². The fourth-order valence-corrected chi connectivity index (χ4v) is 3.76. The van der Waals surface area contributed by atoms with E-state index in [9.17, 15) is 50.2 Å². The number of aromatic hydroxyl groups is 1. The Balaban J connectivity index is 2.69. The van der Waals surface area contributed by atoms with Gasteiger partial charge in [-0.3, -0.25) is 4.79 Å². The number of aldehydes is 1. The number of hydrogen-bond acceptors (Lipinski definition) is 15. The minimum absolute atomic E-state index is 0.0731. The van der Waals surface area contributed by atoms with E-state index in [4.69, 9.17) is 0 Å². The van der Waals surface area contributed by atoms with Crippen molar-refractivity contribution in [3.8, 4) is 5.75 Å². The van der Waals surface area contributed by atoms with Gasteiger partial charge in [-0.05, 0) is 25.1 Å². The average molecular weight is 507 g/mol. The van der Waals surface area contributed by atoms with E-state index in [-0.39, 0.29) is 18.0 Å². The molecule has 18 heteroatoms. The average Bonchev–Trinajstić information content (AvgIpc) is 2.65. The van der Waals surface area contributed by atoms with Gasteiger partial charge in [0.2, 0.25) is 0 Å². The lowest BCUT2D eigenvalue weighted by Gasteiger charge is -2.28. The summed E-state index contributed by atoms with van der Waals surface area (Å²) in [5.41, 5.74) is -2.03. The van der Waals surface area contributed by atoms with Gasteiger partial charge >= 0.3 is 0 Å². The Hall–Kier alpha value is -2.63. The molecule has 0 unspecified atom stereocenters. The monoisotopic (exact) mass is 507 g/mol. The van der Waals surface area contributed by atoms with Crippen molar-refractivity contribution in [2.75, 3.05) is 0 Å². The lowest BCUT2D eigenvalue weighted by atomic mass is 10.1. The largest absolute Gasteiger partial charge is 0.790 e. The summed E-state index contributed by atoms with van der Waals surface area (Å²) in [7, 11) is -16.0. The number of carbonyl (C=O) groups excluding carboxylic acids is 1. The zero-order valence-electron chi connectivity index (χ0n) is 15.6. The normalized spacial score (nSPS) is 12.9. The topological polar surface area (TPSA) is 262 Å². The molecule has 0 saturated heterocycles. The zero-order valence-corrected chi connectivity index (χ0v) is 18.1. The molecular formula is C14H10N3O12PS2-4. The third-order valence-corrected chi connectivity index (χ3v) is 5.84. The Bertz CT molecular complexity index is 1370. The maximum atomic E-state index is 11.5. The van der Waals surface area contributed by atoms with Gasteiger partial charge in [0.05, 0.1) is 35.5 Å². The number of benzene rings is 1. The van der Waals surface area contributed by atoms with Crippen LogP contribution in [0.4, 0.5) is 11.5 Å². The minimum atomic E-state index is -5.54. The number of azo groups is 1. The van der Waals surface area contributed by atoms with Gasteiger partial charge in [0.1, 0.15) is 31.7 Å². The fourth-order valence-electron chi connectivity index (χ4n) is 2.27. The van der Waals surface area contributed by atoms with Gasteiger partial charge in [0.25, 0.3) is 0 Å². The van der Waals surface area contributed by atoms with Crippen LogP contribution >= 0.6 is 7.82 Å². The molecule has 0 amide bonds. The van der Waals surface area contributed by atoms with Crippen LogP contribution in [-0.4, -0.2) is 42.3 Å². The Morgan fingerprint density at radius 1 is 1.16 bits per heavy atom. The van der Waals surface area contributed by atoms with Gasteiger partial charge in [0.15, 0.2) is 12.1 Å². The first-order valence-electron chi connectivity index (χ1n) is 7.86. The maximum Gasteiger partial charge on any atom is 0.181 e. The minimum Gasteiger partial charge on any atom is -0.790 e. The molecule has 1 heterocycles. The Kier molecular flexibility index (Phi) is 7.28. The van der Waals surface area contributed by atoms with E-state index in [0.29, 0.717) is 12.1 Å². The van der Waals surface area contributed by atoms with Crippen LogP contribution in [0.15, 0.2) is 38.2 Å². The van der Waals surface area contributed by atoms with E-state index in [0.717, 1.165) is 0 Å². The SMILES string of the molecule is Cc1nc(N=Nc2ccc(S(=O)(=O)[O-])cc2S(=O)(=O)[O-])c(COP(=O)([O-])[O-])c(C=O)c1O. The third kappa shape index (κ3) is 6.21. The third-order valence-electron chi connectivity index (χ3n) is 3.69. The molecule has 0 atom stereocenters. The van der Waals surface area contributed by atoms with Gasteiger partial charge in [-0.25, -0.2) is 21.8 Å². The molecule has 174 valence electrons. The molecule has 2 rings (SSSR count). The van der Waals surface area contributed by atoms with Crippen LogP contribution in [0, 0.1) is 6.92 Å². The summed E-state index contributed by atoms with van der Waals surface area (Å²) in [6, 6.07) is 1.58. The number of hydrogen-bond donors (Lipinski definition) is 1. The molecule has 0 spiro atoms. The lowest BCUT2D eigenvalue weighted by Crippen LogP contribution is -2.16. The maximum absolute atomic E-state index is 11.5. The molecule has 0 aliphatic carbocycles.